The molecule has 2 rings (SSSR count). The van der Waals surface area contributed by atoms with Crippen molar-refractivity contribution in [3.63, 3.8) is 0 Å². The first kappa shape index (κ1) is 25.0. The number of aliphatic carboxylic acids is 1. The number of carboxylic acids is 1. The van der Waals surface area contributed by atoms with Crippen molar-refractivity contribution in [3.8, 4) is 0 Å². The van der Waals surface area contributed by atoms with Crippen LogP contribution >= 0.6 is 0 Å². The van der Waals surface area contributed by atoms with E-state index in [0.717, 1.165) is 5.56 Å². The number of carbonyl (C=O) groups is 3. The fraction of sp³-hybridized carbons (Fsp3) is 0.375. The summed E-state index contributed by atoms with van der Waals surface area (Å²) < 4.78 is 0. The molecule has 2 aromatic rings. The van der Waals surface area contributed by atoms with Crippen LogP contribution in [0.5, 0.6) is 0 Å². The summed E-state index contributed by atoms with van der Waals surface area (Å²) in [6.45, 7) is 1.87. The number of benzene rings is 2. The highest BCUT2D eigenvalue weighted by Gasteiger charge is 2.27. The van der Waals surface area contributed by atoms with Gasteiger partial charge in [-0.25, -0.2) is 0 Å². The van der Waals surface area contributed by atoms with Gasteiger partial charge in [0, 0.05) is 5.69 Å². The number of nitrogens with one attached hydrogen (secondary N) is 3. The molecular formula is C24H32N4O4. The SMILES string of the molecule is C[C@@H](N[C@@H](CCc1ccccc1)C(=O)N[C@@H](CCCN)C(=O)Nc1ccccc1)C(=O)O. The average molecular weight is 441 g/mol. The van der Waals surface area contributed by atoms with Gasteiger partial charge in [0.05, 0.1) is 6.04 Å². The number of hydrogen-bond acceptors (Lipinski definition) is 5. The van der Waals surface area contributed by atoms with Gasteiger partial charge in [-0.05, 0) is 56.8 Å². The molecule has 0 saturated heterocycles. The van der Waals surface area contributed by atoms with Crippen LogP contribution in [0.1, 0.15) is 31.7 Å². The second-order valence-corrected chi connectivity index (χ2v) is 7.65. The first-order valence-corrected chi connectivity index (χ1v) is 10.8. The van der Waals surface area contributed by atoms with Gasteiger partial charge in [-0.1, -0.05) is 48.5 Å². The predicted octanol–water partition coefficient (Wildman–Crippen LogP) is 1.91. The Hall–Kier alpha value is -3.23. The summed E-state index contributed by atoms with van der Waals surface area (Å²) in [5.74, 6) is -1.81. The number of aryl methyl sites for hydroxylation is 1. The highest BCUT2D eigenvalue weighted by atomic mass is 16.4. The van der Waals surface area contributed by atoms with Crippen molar-refractivity contribution in [1.29, 1.82) is 0 Å². The summed E-state index contributed by atoms with van der Waals surface area (Å²) in [6, 6.07) is 16.1. The Kier molecular flexibility index (Phi) is 10.4. The van der Waals surface area contributed by atoms with E-state index >= 15 is 0 Å². The van der Waals surface area contributed by atoms with E-state index in [0.29, 0.717) is 37.9 Å². The average Bonchev–Trinajstić information content (AvgIpc) is 2.80. The molecule has 172 valence electrons. The van der Waals surface area contributed by atoms with E-state index in [1.54, 1.807) is 24.3 Å². The fourth-order valence-corrected chi connectivity index (χ4v) is 3.23. The third-order valence-corrected chi connectivity index (χ3v) is 5.07. The Morgan fingerprint density at radius 1 is 0.906 bits per heavy atom. The van der Waals surface area contributed by atoms with Gasteiger partial charge < -0.3 is 21.5 Å². The number of anilines is 1. The van der Waals surface area contributed by atoms with Crippen LogP contribution in [0.25, 0.3) is 0 Å². The minimum atomic E-state index is -1.05. The van der Waals surface area contributed by atoms with Crippen molar-refractivity contribution in [1.82, 2.24) is 10.6 Å². The van der Waals surface area contributed by atoms with Crippen molar-refractivity contribution in [2.24, 2.45) is 5.73 Å². The summed E-state index contributed by atoms with van der Waals surface area (Å²) in [5.41, 5.74) is 7.28. The lowest BCUT2D eigenvalue weighted by molar-refractivity contribution is -0.139. The molecule has 0 unspecified atom stereocenters. The fourth-order valence-electron chi connectivity index (χ4n) is 3.23. The smallest absolute Gasteiger partial charge is 0.320 e. The van der Waals surface area contributed by atoms with Crippen LogP contribution in [-0.2, 0) is 20.8 Å². The van der Waals surface area contributed by atoms with Crippen LogP contribution in [0.2, 0.25) is 0 Å². The molecule has 2 aromatic carbocycles. The van der Waals surface area contributed by atoms with Crippen LogP contribution in [-0.4, -0.2) is 47.6 Å². The molecule has 0 radical (unpaired) electrons. The van der Waals surface area contributed by atoms with Crippen LogP contribution in [0.3, 0.4) is 0 Å². The lowest BCUT2D eigenvalue weighted by Crippen LogP contribution is -2.54. The summed E-state index contributed by atoms with van der Waals surface area (Å²) in [5, 5.41) is 17.7. The number of para-hydroxylation sites is 1. The molecule has 0 spiro atoms. The lowest BCUT2D eigenvalue weighted by atomic mass is 10.0. The Bertz CT molecular complexity index is 861. The van der Waals surface area contributed by atoms with Gasteiger partial charge in [0.25, 0.3) is 0 Å². The second kappa shape index (κ2) is 13.2. The summed E-state index contributed by atoms with van der Waals surface area (Å²) >= 11 is 0. The van der Waals surface area contributed by atoms with Crippen molar-refractivity contribution in [3.05, 3.63) is 66.2 Å². The van der Waals surface area contributed by atoms with E-state index in [1.807, 2.05) is 36.4 Å². The third kappa shape index (κ3) is 8.49. The third-order valence-electron chi connectivity index (χ3n) is 5.07. The number of rotatable bonds is 13. The molecule has 32 heavy (non-hydrogen) atoms. The Balaban J connectivity index is 2.09. The topological polar surface area (TPSA) is 134 Å². The van der Waals surface area contributed by atoms with Crippen molar-refractivity contribution >= 4 is 23.5 Å². The number of nitrogens with two attached hydrogens (primary N) is 1. The first-order valence-electron chi connectivity index (χ1n) is 10.8. The van der Waals surface area contributed by atoms with Gasteiger partial charge >= 0.3 is 5.97 Å². The number of carbonyl (C=O) groups excluding carboxylic acids is 2. The first-order chi connectivity index (χ1) is 15.4. The van der Waals surface area contributed by atoms with Gasteiger partial charge in [0.1, 0.15) is 12.1 Å². The maximum absolute atomic E-state index is 13.1. The lowest BCUT2D eigenvalue weighted by Gasteiger charge is -2.24. The van der Waals surface area contributed by atoms with Crippen molar-refractivity contribution in [2.45, 2.75) is 50.7 Å². The number of amides is 2. The molecule has 8 nitrogen and oxygen atoms in total. The quantitative estimate of drug-likeness (QED) is 0.323. The zero-order valence-electron chi connectivity index (χ0n) is 18.3. The maximum atomic E-state index is 13.1. The largest absolute Gasteiger partial charge is 0.480 e. The molecule has 0 bridgehead atoms. The monoisotopic (exact) mass is 440 g/mol. The second-order valence-electron chi connectivity index (χ2n) is 7.65. The molecule has 0 aliphatic rings. The molecule has 0 aromatic heterocycles. The summed E-state index contributed by atoms with van der Waals surface area (Å²) in [4.78, 5) is 37.2. The normalized spacial score (nSPS) is 13.6. The number of carboxylic acid groups (broad SMARTS) is 1. The molecule has 3 atom stereocenters. The Morgan fingerprint density at radius 3 is 2.12 bits per heavy atom. The van der Waals surface area contributed by atoms with Crippen LogP contribution in [0.15, 0.2) is 60.7 Å². The Labute approximate surface area is 188 Å². The highest BCUT2D eigenvalue weighted by molar-refractivity contribution is 5.97. The van der Waals surface area contributed by atoms with E-state index in [4.69, 9.17) is 5.73 Å². The summed E-state index contributed by atoms with van der Waals surface area (Å²) in [6.07, 6.45) is 1.90. The van der Waals surface area contributed by atoms with Crippen LogP contribution in [0, 0.1) is 0 Å². The highest BCUT2D eigenvalue weighted by Crippen LogP contribution is 2.10. The van der Waals surface area contributed by atoms with Gasteiger partial charge in [-0.2, -0.15) is 0 Å². The minimum Gasteiger partial charge on any atom is -0.480 e. The van der Waals surface area contributed by atoms with Gasteiger partial charge in [-0.15, -0.1) is 0 Å². The zero-order chi connectivity index (χ0) is 23.3. The van der Waals surface area contributed by atoms with Crippen molar-refractivity contribution in [2.75, 3.05) is 11.9 Å². The van der Waals surface area contributed by atoms with Crippen LogP contribution in [0.4, 0.5) is 5.69 Å². The van der Waals surface area contributed by atoms with E-state index < -0.39 is 30.0 Å². The molecule has 0 saturated carbocycles. The molecule has 8 heteroatoms. The molecule has 6 N–H and O–H groups in total. The van der Waals surface area contributed by atoms with Gasteiger partial charge in [0.2, 0.25) is 11.8 Å². The molecule has 0 fully saturated rings. The van der Waals surface area contributed by atoms with E-state index in [9.17, 15) is 19.5 Å². The van der Waals surface area contributed by atoms with Gasteiger partial charge in [-0.3, -0.25) is 19.7 Å². The zero-order valence-corrected chi connectivity index (χ0v) is 18.3. The molecule has 0 heterocycles. The molecule has 0 aliphatic carbocycles. The standard InChI is InChI=1S/C24H32N4O4/c1-17(24(31)32)26-21(15-14-18-9-4-2-5-10-18)23(30)28-20(13-8-16-25)22(29)27-19-11-6-3-7-12-19/h2-7,9-12,17,20-21,26H,8,13-16,25H2,1H3,(H,27,29)(H,28,30)(H,31,32)/t17-,20+,21+/m1/s1. The molecule has 0 aliphatic heterocycles. The number of hydrogen-bond donors (Lipinski definition) is 5. The molecular weight excluding hydrogens is 408 g/mol. The summed E-state index contributed by atoms with van der Waals surface area (Å²) in [7, 11) is 0. The van der Waals surface area contributed by atoms with Crippen LogP contribution < -0.4 is 21.7 Å². The van der Waals surface area contributed by atoms with E-state index in [1.165, 1.54) is 6.92 Å². The van der Waals surface area contributed by atoms with E-state index in [2.05, 4.69) is 16.0 Å². The van der Waals surface area contributed by atoms with E-state index in [-0.39, 0.29) is 5.91 Å². The molecule has 2 amide bonds. The predicted molar refractivity (Wildman–Crippen MR) is 124 cm³/mol. The van der Waals surface area contributed by atoms with Crippen molar-refractivity contribution < 1.29 is 19.5 Å². The Morgan fingerprint density at radius 2 is 1.53 bits per heavy atom. The minimum absolute atomic E-state index is 0.342. The van der Waals surface area contributed by atoms with Gasteiger partial charge in [0.15, 0.2) is 0 Å². The maximum Gasteiger partial charge on any atom is 0.320 e.